The molecule has 1 amide bonds. The quantitative estimate of drug-likeness (QED) is 0.607. The lowest BCUT2D eigenvalue weighted by Crippen LogP contribution is -2.37. The Morgan fingerprint density at radius 3 is 2.23 bits per heavy atom. The van der Waals surface area contributed by atoms with Crippen LogP contribution in [0.4, 0.5) is 5.69 Å². The number of nitrogens with zero attached hydrogens (tertiary/aromatic N) is 1. The number of amides is 1. The molecule has 3 aliphatic rings. The summed E-state index contributed by atoms with van der Waals surface area (Å²) >= 11 is 5.89. The van der Waals surface area contributed by atoms with E-state index in [1.807, 2.05) is 25.2 Å². The Morgan fingerprint density at radius 1 is 0.971 bits per heavy atom. The molecule has 5 rings (SSSR count). The molecule has 2 aliphatic carbocycles. The van der Waals surface area contributed by atoms with Crippen molar-refractivity contribution >= 4 is 34.8 Å². The van der Waals surface area contributed by atoms with E-state index in [1.54, 1.807) is 30.3 Å². The fraction of sp³-hybridized carbons (Fsp3) is 0.321. The molecule has 1 N–H and O–H groups in total. The fourth-order valence-corrected chi connectivity index (χ4v) is 5.47. The maximum Gasteiger partial charge on any atom is 0.262 e. The number of allylic oxidation sites excluding steroid dienone is 4. The van der Waals surface area contributed by atoms with Crippen LogP contribution in [0.15, 0.2) is 71.1 Å². The molecule has 2 aromatic rings. The Bertz CT molecular complexity index is 1220. The van der Waals surface area contributed by atoms with E-state index in [9.17, 15) is 14.4 Å². The van der Waals surface area contributed by atoms with E-state index in [-0.39, 0.29) is 30.0 Å². The summed E-state index contributed by atoms with van der Waals surface area (Å²) < 4.78 is 5.79. The highest BCUT2D eigenvalue weighted by Crippen LogP contribution is 2.48. The van der Waals surface area contributed by atoms with Gasteiger partial charge in [0.15, 0.2) is 18.2 Å². The fourth-order valence-electron chi connectivity index (χ4n) is 5.35. The smallest absolute Gasteiger partial charge is 0.262 e. The molecule has 35 heavy (non-hydrogen) atoms. The number of rotatable bonds is 5. The molecular formula is C28H27ClN2O4. The second-order valence-corrected chi connectivity index (χ2v) is 9.62. The van der Waals surface area contributed by atoms with Gasteiger partial charge in [-0.05, 0) is 67.6 Å². The summed E-state index contributed by atoms with van der Waals surface area (Å²) in [6, 6.07) is 14.3. The number of anilines is 1. The van der Waals surface area contributed by atoms with Crippen molar-refractivity contribution in [3.05, 3.63) is 81.7 Å². The Labute approximate surface area is 209 Å². The number of carbonyl (C=O) groups excluding carboxylic acids is 3. The number of benzene rings is 2. The van der Waals surface area contributed by atoms with Gasteiger partial charge in [-0.25, -0.2) is 0 Å². The Kier molecular flexibility index (Phi) is 6.48. The molecule has 180 valence electrons. The summed E-state index contributed by atoms with van der Waals surface area (Å²) in [6.07, 6.45) is 4.33. The molecule has 0 spiro atoms. The first-order valence-electron chi connectivity index (χ1n) is 12.0. The first kappa shape index (κ1) is 23.4. The minimum atomic E-state index is -0.386. The maximum absolute atomic E-state index is 13.1. The number of nitrogens with one attached hydrogen (secondary N) is 1. The van der Waals surface area contributed by atoms with Crippen molar-refractivity contribution in [2.24, 2.45) is 0 Å². The zero-order chi connectivity index (χ0) is 24.5. The van der Waals surface area contributed by atoms with Gasteiger partial charge >= 0.3 is 0 Å². The SMILES string of the molecule is CN1C2=C(C(=O)CCC2)C(c2cccc(OCC(=O)Nc3ccc(Cl)cc3)c2)C2=C1CCCC2=O. The molecule has 6 nitrogen and oxygen atoms in total. The molecule has 0 bridgehead atoms. The molecule has 0 saturated carbocycles. The molecule has 2 aromatic carbocycles. The highest BCUT2D eigenvalue weighted by Gasteiger charge is 2.42. The average Bonchev–Trinajstić information content (AvgIpc) is 2.86. The highest BCUT2D eigenvalue weighted by molar-refractivity contribution is 6.30. The molecule has 7 heteroatoms. The van der Waals surface area contributed by atoms with Crippen LogP contribution in [-0.4, -0.2) is 36.0 Å². The first-order valence-corrected chi connectivity index (χ1v) is 12.3. The van der Waals surface area contributed by atoms with Gasteiger partial charge in [0.1, 0.15) is 5.75 Å². The predicted molar refractivity (Wildman–Crippen MR) is 134 cm³/mol. The van der Waals surface area contributed by atoms with Crippen LogP contribution in [0.5, 0.6) is 5.75 Å². The van der Waals surface area contributed by atoms with Gasteiger partial charge < -0.3 is 15.0 Å². The number of Topliss-reactive ketones (excluding diaryl/α,β-unsaturated/α-hetero) is 2. The van der Waals surface area contributed by atoms with E-state index in [0.717, 1.165) is 53.8 Å². The molecule has 0 saturated heterocycles. The van der Waals surface area contributed by atoms with Crippen molar-refractivity contribution in [2.75, 3.05) is 19.0 Å². The summed E-state index contributed by atoms with van der Waals surface area (Å²) in [7, 11) is 1.98. The second kappa shape index (κ2) is 9.70. The molecule has 0 atom stereocenters. The van der Waals surface area contributed by atoms with Crippen molar-refractivity contribution in [2.45, 2.75) is 44.4 Å². The van der Waals surface area contributed by atoms with Gasteiger partial charge in [0.05, 0.1) is 0 Å². The van der Waals surface area contributed by atoms with Gasteiger partial charge in [-0.2, -0.15) is 0 Å². The topological polar surface area (TPSA) is 75.7 Å². The Morgan fingerprint density at radius 2 is 1.60 bits per heavy atom. The molecular weight excluding hydrogens is 464 g/mol. The number of ketones is 2. The minimum Gasteiger partial charge on any atom is -0.484 e. The monoisotopic (exact) mass is 490 g/mol. The number of hydrogen-bond acceptors (Lipinski definition) is 5. The van der Waals surface area contributed by atoms with Crippen LogP contribution in [0.1, 0.15) is 50.0 Å². The van der Waals surface area contributed by atoms with E-state index in [1.165, 1.54) is 0 Å². The lowest BCUT2D eigenvalue weighted by Gasteiger charge is -2.42. The van der Waals surface area contributed by atoms with E-state index in [0.29, 0.717) is 29.3 Å². The van der Waals surface area contributed by atoms with Gasteiger partial charge in [0, 0.05) is 59.1 Å². The minimum absolute atomic E-state index is 0.113. The number of halogens is 1. The normalized spacial score (nSPS) is 18.4. The van der Waals surface area contributed by atoms with E-state index in [4.69, 9.17) is 16.3 Å². The lowest BCUT2D eigenvalue weighted by atomic mass is 9.71. The largest absolute Gasteiger partial charge is 0.484 e. The Hall–Kier alpha value is -3.38. The van der Waals surface area contributed by atoms with Crippen LogP contribution < -0.4 is 10.1 Å². The van der Waals surface area contributed by atoms with Crippen molar-refractivity contribution in [3.63, 3.8) is 0 Å². The molecule has 0 aromatic heterocycles. The lowest BCUT2D eigenvalue weighted by molar-refractivity contribution is -0.118. The van der Waals surface area contributed by atoms with Crippen LogP contribution >= 0.6 is 11.6 Å². The van der Waals surface area contributed by atoms with Crippen molar-refractivity contribution < 1.29 is 19.1 Å². The summed E-state index contributed by atoms with van der Waals surface area (Å²) in [5.41, 5.74) is 5.03. The zero-order valence-corrected chi connectivity index (χ0v) is 20.4. The maximum atomic E-state index is 13.1. The van der Waals surface area contributed by atoms with Crippen LogP contribution in [0.25, 0.3) is 0 Å². The zero-order valence-electron chi connectivity index (χ0n) is 19.6. The summed E-state index contributed by atoms with van der Waals surface area (Å²) in [5, 5.41) is 3.37. The van der Waals surface area contributed by atoms with Gasteiger partial charge in [-0.15, -0.1) is 0 Å². The molecule has 0 radical (unpaired) electrons. The average molecular weight is 491 g/mol. The van der Waals surface area contributed by atoms with E-state index < -0.39 is 0 Å². The third kappa shape index (κ3) is 4.63. The standard InChI is InChI=1S/C28H27ClN2O4/c1-31-21-7-3-9-23(32)27(21)26(28-22(31)8-4-10-24(28)33)17-5-2-6-20(15-17)35-16-25(34)30-19-13-11-18(29)12-14-19/h2,5-6,11-15,26H,3-4,7-10,16H2,1H3,(H,30,34). The third-order valence-electron chi connectivity index (χ3n) is 6.93. The van der Waals surface area contributed by atoms with Gasteiger partial charge in [0.25, 0.3) is 5.91 Å². The summed E-state index contributed by atoms with van der Waals surface area (Å²) in [5.74, 6) is 0.0621. The molecule has 1 heterocycles. The van der Waals surface area contributed by atoms with Crippen LogP contribution in [0.2, 0.25) is 5.02 Å². The van der Waals surface area contributed by atoms with Gasteiger partial charge in [-0.1, -0.05) is 23.7 Å². The van der Waals surface area contributed by atoms with Crippen LogP contribution in [0.3, 0.4) is 0 Å². The highest BCUT2D eigenvalue weighted by atomic mass is 35.5. The van der Waals surface area contributed by atoms with Crippen LogP contribution in [0, 0.1) is 0 Å². The summed E-state index contributed by atoms with van der Waals surface area (Å²) in [4.78, 5) is 40.7. The first-order chi connectivity index (χ1) is 16.9. The Balaban J connectivity index is 1.41. The second-order valence-electron chi connectivity index (χ2n) is 9.18. The predicted octanol–water partition coefficient (Wildman–Crippen LogP) is 5.40. The third-order valence-corrected chi connectivity index (χ3v) is 7.19. The number of ether oxygens (including phenoxy) is 1. The van der Waals surface area contributed by atoms with Crippen molar-refractivity contribution in [1.82, 2.24) is 4.90 Å². The number of hydrogen-bond donors (Lipinski definition) is 1. The molecule has 0 fully saturated rings. The van der Waals surface area contributed by atoms with Crippen LogP contribution in [-0.2, 0) is 14.4 Å². The van der Waals surface area contributed by atoms with Crippen molar-refractivity contribution in [3.8, 4) is 5.75 Å². The molecule has 1 aliphatic heterocycles. The molecule has 0 unspecified atom stereocenters. The number of carbonyl (C=O) groups is 3. The van der Waals surface area contributed by atoms with Gasteiger partial charge in [-0.3, -0.25) is 14.4 Å². The van der Waals surface area contributed by atoms with Gasteiger partial charge in [0.2, 0.25) is 0 Å². The van der Waals surface area contributed by atoms with E-state index in [2.05, 4.69) is 10.2 Å². The van der Waals surface area contributed by atoms with E-state index >= 15 is 0 Å². The van der Waals surface area contributed by atoms with Crippen molar-refractivity contribution in [1.29, 1.82) is 0 Å². The summed E-state index contributed by atoms with van der Waals surface area (Å²) in [6.45, 7) is -0.167.